The highest BCUT2D eigenvalue weighted by molar-refractivity contribution is 5.94. The third-order valence-electron chi connectivity index (χ3n) is 3.83. The molecule has 2 aromatic heterocycles. The van der Waals surface area contributed by atoms with Crippen LogP contribution in [0.25, 0.3) is 5.88 Å². The van der Waals surface area contributed by atoms with Crippen LogP contribution in [0.1, 0.15) is 27.2 Å². The second kappa shape index (κ2) is 7.62. The number of aromatic nitrogens is 1. The number of benzene rings is 1. The molecule has 6 heteroatoms. The van der Waals surface area contributed by atoms with Crippen LogP contribution in [-0.4, -0.2) is 23.8 Å². The zero-order valence-electron chi connectivity index (χ0n) is 14.6. The molecule has 6 nitrogen and oxygen atoms in total. The van der Waals surface area contributed by atoms with E-state index in [2.05, 4.69) is 0 Å². The SMILES string of the molecule is Cc1ccc(OCCOC(=O)c2c(C)oc(-n3cccc3)c2C#N)cc1. The van der Waals surface area contributed by atoms with Gasteiger partial charge in [-0.05, 0) is 38.1 Å². The molecule has 0 spiro atoms. The lowest BCUT2D eigenvalue weighted by atomic mass is 10.1. The second-order valence-corrected chi connectivity index (χ2v) is 5.71. The van der Waals surface area contributed by atoms with Crippen molar-refractivity contribution in [2.45, 2.75) is 13.8 Å². The molecule has 1 aromatic carbocycles. The molecule has 0 N–H and O–H groups in total. The molecular weight excluding hydrogens is 332 g/mol. The molecule has 0 aliphatic carbocycles. The van der Waals surface area contributed by atoms with Crippen molar-refractivity contribution in [3.05, 3.63) is 71.2 Å². The van der Waals surface area contributed by atoms with Gasteiger partial charge in [0.2, 0.25) is 5.88 Å². The van der Waals surface area contributed by atoms with E-state index < -0.39 is 5.97 Å². The lowest BCUT2D eigenvalue weighted by Gasteiger charge is -2.07. The maximum absolute atomic E-state index is 12.4. The van der Waals surface area contributed by atoms with Crippen molar-refractivity contribution >= 4 is 5.97 Å². The average Bonchev–Trinajstić information content (AvgIpc) is 3.27. The number of aryl methyl sites for hydroxylation is 2. The van der Waals surface area contributed by atoms with E-state index in [-0.39, 0.29) is 24.3 Å². The first-order chi connectivity index (χ1) is 12.6. The van der Waals surface area contributed by atoms with Gasteiger partial charge in [0, 0.05) is 12.4 Å². The summed E-state index contributed by atoms with van der Waals surface area (Å²) in [4.78, 5) is 12.4. The highest BCUT2D eigenvalue weighted by Crippen LogP contribution is 2.26. The van der Waals surface area contributed by atoms with Gasteiger partial charge in [0.05, 0.1) is 0 Å². The highest BCUT2D eigenvalue weighted by Gasteiger charge is 2.25. The van der Waals surface area contributed by atoms with Crippen LogP contribution in [-0.2, 0) is 4.74 Å². The fraction of sp³-hybridized carbons (Fsp3) is 0.200. The molecule has 2 heterocycles. The predicted molar refractivity (Wildman–Crippen MR) is 94.4 cm³/mol. The van der Waals surface area contributed by atoms with Gasteiger partial charge in [0.15, 0.2) is 0 Å². The largest absolute Gasteiger partial charge is 0.490 e. The Kier molecular flexibility index (Phi) is 5.09. The standard InChI is InChI=1S/C20H18N2O4/c1-14-5-7-16(8-6-14)24-11-12-25-20(23)18-15(2)26-19(17(18)13-21)22-9-3-4-10-22/h3-10H,11-12H2,1-2H3. The van der Waals surface area contributed by atoms with Crippen molar-refractivity contribution in [1.82, 2.24) is 4.57 Å². The topological polar surface area (TPSA) is 77.4 Å². The minimum absolute atomic E-state index is 0.0705. The molecule has 0 radical (unpaired) electrons. The van der Waals surface area contributed by atoms with Crippen molar-refractivity contribution in [3.8, 4) is 17.7 Å². The number of carbonyl (C=O) groups is 1. The quantitative estimate of drug-likeness (QED) is 0.499. The Morgan fingerprint density at radius 3 is 2.50 bits per heavy atom. The van der Waals surface area contributed by atoms with Crippen molar-refractivity contribution < 1.29 is 18.7 Å². The molecular formula is C20H18N2O4. The van der Waals surface area contributed by atoms with Crippen LogP contribution in [0, 0.1) is 25.2 Å². The molecule has 0 saturated heterocycles. The normalized spacial score (nSPS) is 10.3. The monoisotopic (exact) mass is 350 g/mol. The molecule has 0 atom stereocenters. The van der Waals surface area contributed by atoms with E-state index in [9.17, 15) is 10.1 Å². The van der Waals surface area contributed by atoms with E-state index in [0.717, 1.165) is 5.56 Å². The molecule has 3 aromatic rings. The van der Waals surface area contributed by atoms with E-state index in [0.29, 0.717) is 17.4 Å². The average molecular weight is 350 g/mol. The number of ether oxygens (including phenoxy) is 2. The Hall–Kier alpha value is -3.46. The maximum Gasteiger partial charge on any atom is 0.343 e. The van der Waals surface area contributed by atoms with Gasteiger partial charge < -0.3 is 13.9 Å². The van der Waals surface area contributed by atoms with E-state index in [1.807, 2.05) is 37.3 Å². The summed E-state index contributed by atoms with van der Waals surface area (Å²) < 4.78 is 18.0. The Balaban J connectivity index is 1.65. The summed E-state index contributed by atoms with van der Waals surface area (Å²) in [6, 6.07) is 13.2. The van der Waals surface area contributed by atoms with Crippen LogP contribution >= 0.6 is 0 Å². The number of rotatable bonds is 6. The van der Waals surface area contributed by atoms with Gasteiger partial charge in [0.25, 0.3) is 0 Å². The Morgan fingerprint density at radius 2 is 1.85 bits per heavy atom. The van der Waals surface area contributed by atoms with Crippen molar-refractivity contribution in [1.29, 1.82) is 5.26 Å². The van der Waals surface area contributed by atoms with Gasteiger partial charge in [-0.25, -0.2) is 4.79 Å². The summed E-state index contributed by atoms with van der Waals surface area (Å²) in [5, 5.41) is 9.45. The van der Waals surface area contributed by atoms with E-state index >= 15 is 0 Å². The van der Waals surface area contributed by atoms with Crippen molar-refractivity contribution in [2.75, 3.05) is 13.2 Å². The van der Waals surface area contributed by atoms with Gasteiger partial charge in [0.1, 0.15) is 41.9 Å². The molecule has 0 fully saturated rings. The van der Waals surface area contributed by atoms with E-state index in [1.165, 1.54) is 0 Å². The lowest BCUT2D eigenvalue weighted by molar-refractivity contribution is 0.0448. The first-order valence-electron chi connectivity index (χ1n) is 8.13. The van der Waals surface area contributed by atoms with Crippen molar-refractivity contribution in [3.63, 3.8) is 0 Å². The fourth-order valence-electron chi connectivity index (χ4n) is 2.53. The number of carbonyl (C=O) groups excluding carboxylic acids is 1. The third kappa shape index (κ3) is 3.62. The first-order valence-corrected chi connectivity index (χ1v) is 8.13. The number of hydrogen-bond donors (Lipinski definition) is 0. The van der Waals surface area contributed by atoms with Crippen LogP contribution in [0.2, 0.25) is 0 Å². The summed E-state index contributed by atoms with van der Waals surface area (Å²) in [6.07, 6.45) is 3.48. The Morgan fingerprint density at radius 1 is 1.15 bits per heavy atom. The Bertz CT molecular complexity index is 932. The summed E-state index contributed by atoms with van der Waals surface area (Å²) in [5.41, 5.74) is 1.44. The van der Waals surface area contributed by atoms with Gasteiger partial charge in [-0.3, -0.25) is 4.57 Å². The van der Waals surface area contributed by atoms with Crippen LogP contribution in [0.5, 0.6) is 5.75 Å². The lowest BCUT2D eigenvalue weighted by Crippen LogP contribution is -2.13. The summed E-state index contributed by atoms with van der Waals surface area (Å²) in [7, 11) is 0. The molecule has 3 rings (SSSR count). The molecule has 0 saturated carbocycles. The van der Waals surface area contributed by atoms with Crippen LogP contribution in [0.3, 0.4) is 0 Å². The van der Waals surface area contributed by atoms with Gasteiger partial charge >= 0.3 is 5.97 Å². The van der Waals surface area contributed by atoms with Crippen LogP contribution in [0.4, 0.5) is 0 Å². The number of nitriles is 1. The molecule has 26 heavy (non-hydrogen) atoms. The summed E-state index contributed by atoms with van der Waals surface area (Å²) in [5.74, 6) is 0.750. The molecule has 0 unspecified atom stereocenters. The third-order valence-corrected chi connectivity index (χ3v) is 3.83. The predicted octanol–water partition coefficient (Wildman–Crippen LogP) is 3.79. The number of nitrogens with zero attached hydrogens (tertiary/aromatic N) is 2. The molecule has 0 aliphatic rings. The van der Waals surface area contributed by atoms with Gasteiger partial charge in [-0.2, -0.15) is 5.26 Å². The number of furan rings is 1. The minimum Gasteiger partial charge on any atom is -0.490 e. The van der Waals surface area contributed by atoms with Gasteiger partial charge in [-0.15, -0.1) is 0 Å². The highest BCUT2D eigenvalue weighted by atomic mass is 16.6. The zero-order valence-corrected chi connectivity index (χ0v) is 14.6. The van der Waals surface area contributed by atoms with Crippen LogP contribution < -0.4 is 4.74 Å². The molecule has 0 aliphatic heterocycles. The second-order valence-electron chi connectivity index (χ2n) is 5.71. The first kappa shape index (κ1) is 17.4. The van der Waals surface area contributed by atoms with Gasteiger partial charge in [-0.1, -0.05) is 17.7 Å². The number of esters is 1. The maximum atomic E-state index is 12.4. The molecule has 132 valence electrons. The van der Waals surface area contributed by atoms with Crippen LogP contribution in [0.15, 0.2) is 53.2 Å². The van der Waals surface area contributed by atoms with Crippen molar-refractivity contribution in [2.24, 2.45) is 0 Å². The smallest absolute Gasteiger partial charge is 0.343 e. The van der Waals surface area contributed by atoms with E-state index in [1.54, 1.807) is 36.0 Å². The Labute approximate surface area is 151 Å². The molecule has 0 amide bonds. The zero-order chi connectivity index (χ0) is 18.5. The number of hydrogen-bond acceptors (Lipinski definition) is 5. The summed E-state index contributed by atoms with van der Waals surface area (Å²) in [6.45, 7) is 3.92. The minimum atomic E-state index is -0.603. The fourth-order valence-corrected chi connectivity index (χ4v) is 2.53. The summed E-state index contributed by atoms with van der Waals surface area (Å²) >= 11 is 0. The van der Waals surface area contributed by atoms with E-state index in [4.69, 9.17) is 13.9 Å². The molecule has 0 bridgehead atoms.